The molecule has 0 bridgehead atoms. The molecule has 2 N–H and O–H groups in total. The second-order valence-electron chi connectivity index (χ2n) is 4.27. The van der Waals surface area contributed by atoms with Gasteiger partial charge in [-0.25, -0.2) is 0 Å². The third-order valence-corrected chi connectivity index (χ3v) is 4.37. The van der Waals surface area contributed by atoms with E-state index in [2.05, 4.69) is 4.99 Å². The van der Waals surface area contributed by atoms with Crippen LogP contribution in [0, 0.1) is 0 Å². The molecule has 2 rings (SSSR count). The van der Waals surface area contributed by atoms with E-state index < -0.39 is 20.2 Å². The summed E-state index contributed by atoms with van der Waals surface area (Å²) in [6, 6.07) is 10.7. The second kappa shape index (κ2) is 5.97. The Balaban J connectivity index is 2.26. The van der Waals surface area contributed by atoms with Gasteiger partial charge in [0.1, 0.15) is 0 Å². The molecular weight excluding hydrogens is 330 g/mol. The average Bonchev–Trinajstić information content (AvgIpc) is 2.44. The number of nitrogens with zero attached hydrogens (tertiary/aromatic N) is 1. The minimum Gasteiger partial charge on any atom is -0.282 e. The van der Waals surface area contributed by atoms with Gasteiger partial charge in [-0.2, -0.15) is 16.8 Å². The van der Waals surface area contributed by atoms with E-state index in [-0.39, 0.29) is 9.79 Å². The number of hydrogen-bond acceptors (Lipinski definition) is 5. The van der Waals surface area contributed by atoms with Gasteiger partial charge in [-0.05, 0) is 42.0 Å². The molecule has 116 valence electrons. The molecule has 0 saturated carbocycles. The van der Waals surface area contributed by atoms with Gasteiger partial charge in [-0.3, -0.25) is 14.1 Å². The van der Waals surface area contributed by atoms with Crippen LogP contribution in [0.5, 0.6) is 0 Å². The summed E-state index contributed by atoms with van der Waals surface area (Å²) in [5, 5.41) is 0. The Bertz CT molecular complexity index is 915. The summed E-state index contributed by atoms with van der Waals surface area (Å²) in [6.45, 7) is 0. The van der Waals surface area contributed by atoms with Crippen LogP contribution in [0.1, 0.15) is 5.56 Å². The number of rotatable bonds is 4. The quantitative estimate of drug-likeness (QED) is 0.647. The Morgan fingerprint density at radius 1 is 0.818 bits per heavy atom. The fourth-order valence-corrected chi connectivity index (χ4v) is 2.62. The highest BCUT2D eigenvalue weighted by atomic mass is 32.2. The maximum absolute atomic E-state index is 11.0. The lowest BCUT2D eigenvalue weighted by atomic mass is 10.2. The molecule has 0 unspecified atom stereocenters. The van der Waals surface area contributed by atoms with Crippen LogP contribution < -0.4 is 0 Å². The molecule has 0 fully saturated rings. The van der Waals surface area contributed by atoms with Gasteiger partial charge in [0.25, 0.3) is 20.2 Å². The minimum atomic E-state index is -4.29. The summed E-state index contributed by atoms with van der Waals surface area (Å²) < 4.78 is 61.6. The molecule has 0 heterocycles. The molecule has 0 amide bonds. The highest BCUT2D eigenvalue weighted by molar-refractivity contribution is 7.86. The van der Waals surface area contributed by atoms with Crippen LogP contribution in [0.25, 0.3) is 0 Å². The topological polar surface area (TPSA) is 121 Å². The van der Waals surface area contributed by atoms with E-state index >= 15 is 0 Å². The Morgan fingerprint density at radius 2 is 1.41 bits per heavy atom. The normalized spacial score (nSPS) is 12.6. The van der Waals surface area contributed by atoms with Crippen LogP contribution in [0.4, 0.5) is 5.69 Å². The summed E-state index contributed by atoms with van der Waals surface area (Å²) in [6.07, 6.45) is 1.36. The summed E-state index contributed by atoms with van der Waals surface area (Å²) in [5.41, 5.74) is 0.846. The van der Waals surface area contributed by atoms with E-state index in [4.69, 9.17) is 9.11 Å². The van der Waals surface area contributed by atoms with Crippen molar-refractivity contribution in [2.45, 2.75) is 9.79 Å². The smallest absolute Gasteiger partial charge is 0.282 e. The van der Waals surface area contributed by atoms with Crippen LogP contribution in [0.15, 0.2) is 63.3 Å². The van der Waals surface area contributed by atoms with Gasteiger partial charge >= 0.3 is 0 Å². The molecule has 9 heteroatoms. The van der Waals surface area contributed by atoms with Gasteiger partial charge in [-0.1, -0.05) is 12.1 Å². The zero-order chi connectivity index (χ0) is 16.4. The molecule has 0 aliphatic carbocycles. The fraction of sp³-hybridized carbons (Fsp3) is 0. The van der Waals surface area contributed by atoms with Crippen molar-refractivity contribution in [3.63, 3.8) is 0 Å². The maximum atomic E-state index is 11.0. The van der Waals surface area contributed by atoms with Crippen molar-refractivity contribution >= 4 is 32.1 Å². The number of aliphatic imine (C=N–C) groups is 1. The number of hydrogen-bond donors (Lipinski definition) is 2. The van der Waals surface area contributed by atoms with E-state index in [0.717, 1.165) is 0 Å². The Kier molecular flexibility index (Phi) is 4.42. The van der Waals surface area contributed by atoms with Crippen LogP contribution in [-0.4, -0.2) is 32.2 Å². The van der Waals surface area contributed by atoms with E-state index in [9.17, 15) is 16.8 Å². The summed E-state index contributed by atoms with van der Waals surface area (Å²) in [7, 11) is -8.54. The van der Waals surface area contributed by atoms with Crippen molar-refractivity contribution in [3.05, 3.63) is 54.1 Å². The van der Waals surface area contributed by atoms with Gasteiger partial charge < -0.3 is 0 Å². The molecule has 0 aliphatic rings. The van der Waals surface area contributed by atoms with Crippen molar-refractivity contribution in [3.8, 4) is 0 Å². The lowest BCUT2D eigenvalue weighted by molar-refractivity contribution is 0.481. The molecule has 0 radical (unpaired) electrons. The minimum absolute atomic E-state index is 0.250. The van der Waals surface area contributed by atoms with E-state index in [1.54, 1.807) is 6.07 Å². The molecule has 22 heavy (non-hydrogen) atoms. The van der Waals surface area contributed by atoms with Crippen LogP contribution in [0.2, 0.25) is 0 Å². The first-order valence-electron chi connectivity index (χ1n) is 5.85. The molecule has 0 spiro atoms. The fourth-order valence-electron chi connectivity index (χ4n) is 1.61. The average molecular weight is 341 g/mol. The molecule has 7 nitrogen and oxygen atoms in total. The number of benzene rings is 2. The Hall–Kier alpha value is -2.07. The first-order valence-corrected chi connectivity index (χ1v) is 8.73. The van der Waals surface area contributed by atoms with E-state index in [1.165, 1.54) is 48.7 Å². The van der Waals surface area contributed by atoms with Crippen LogP contribution in [0.3, 0.4) is 0 Å². The van der Waals surface area contributed by atoms with Gasteiger partial charge in [0.2, 0.25) is 0 Å². The van der Waals surface area contributed by atoms with Crippen LogP contribution >= 0.6 is 0 Å². The molecule has 0 aliphatic heterocycles. The predicted molar refractivity (Wildman–Crippen MR) is 79.8 cm³/mol. The van der Waals surface area contributed by atoms with Crippen molar-refractivity contribution in [1.29, 1.82) is 0 Å². The molecular formula is C13H11NO6S2. The van der Waals surface area contributed by atoms with Gasteiger partial charge in [0.15, 0.2) is 0 Å². The highest BCUT2D eigenvalue weighted by Gasteiger charge is 2.09. The van der Waals surface area contributed by atoms with E-state index in [1.807, 2.05) is 0 Å². The monoisotopic (exact) mass is 341 g/mol. The van der Waals surface area contributed by atoms with E-state index in [0.29, 0.717) is 11.3 Å². The molecule has 2 aromatic rings. The largest absolute Gasteiger partial charge is 0.294 e. The van der Waals surface area contributed by atoms with Gasteiger partial charge in [-0.15, -0.1) is 0 Å². The summed E-state index contributed by atoms with van der Waals surface area (Å²) in [5.74, 6) is 0. The predicted octanol–water partition coefficient (Wildman–Crippen LogP) is 1.93. The molecule has 0 aromatic heterocycles. The van der Waals surface area contributed by atoms with Gasteiger partial charge in [0, 0.05) is 6.21 Å². The maximum Gasteiger partial charge on any atom is 0.294 e. The first-order chi connectivity index (χ1) is 10.2. The van der Waals surface area contributed by atoms with Crippen molar-refractivity contribution in [2.24, 2.45) is 4.99 Å². The zero-order valence-corrected chi connectivity index (χ0v) is 12.6. The lowest BCUT2D eigenvalue weighted by Gasteiger charge is -1.99. The first kappa shape index (κ1) is 16.3. The third-order valence-electron chi connectivity index (χ3n) is 2.65. The van der Waals surface area contributed by atoms with Crippen LogP contribution in [-0.2, 0) is 20.2 Å². The standard InChI is InChI=1S/C13H11NO6S2/c15-21(16,17)12-6-4-11(5-7-12)14-9-10-2-1-3-13(8-10)22(18,19)20/h1-9H,(H,15,16,17)(H,18,19,20). The third kappa shape index (κ3) is 4.21. The second-order valence-corrected chi connectivity index (χ2v) is 7.12. The van der Waals surface area contributed by atoms with Crippen molar-refractivity contribution in [2.75, 3.05) is 0 Å². The lowest BCUT2D eigenvalue weighted by Crippen LogP contribution is -1.98. The molecule has 0 atom stereocenters. The Labute approximate surface area is 127 Å². The van der Waals surface area contributed by atoms with Gasteiger partial charge in [0.05, 0.1) is 15.5 Å². The highest BCUT2D eigenvalue weighted by Crippen LogP contribution is 2.17. The van der Waals surface area contributed by atoms with Crippen molar-refractivity contribution < 1.29 is 25.9 Å². The summed E-state index contributed by atoms with van der Waals surface area (Å²) in [4.78, 5) is 3.54. The van der Waals surface area contributed by atoms with Crippen molar-refractivity contribution in [1.82, 2.24) is 0 Å². The molecule has 0 saturated heterocycles. The Morgan fingerprint density at radius 3 is 1.95 bits per heavy atom. The summed E-state index contributed by atoms with van der Waals surface area (Å²) >= 11 is 0. The molecule has 2 aromatic carbocycles. The zero-order valence-electron chi connectivity index (χ0n) is 11.0. The SMILES string of the molecule is O=S(=O)(O)c1ccc(N=Cc2cccc(S(=O)(=O)O)c2)cc1.